The van der Waals surface area contributed by atoms with Crippen LogP contribution < -0.4 is 0 Å². The molecule has 6 nitrogen and oxygen atoms in total. The quantitative estimate of drug-likeness (QED) is 0.811. The first-order valence-corrected chi connectivity index (χ1v) is 7.88. The number of ether oxygens (including phenoxy) is 4. The highest BCUT2D eigenvalue weighted by Crippen LogP contribution is 2.01. The van der Waals surface area contributed by atoms with Gasteiger partial charge in [-0.25, -0.2) is 0 Å². The second kappa shape index (κ2) is 11.5. The van der Waals surface area contributed by atoms with Gasteiger partial charge >= 0.3 is 0 Å². The summed E-state index contributed by atoms with van der Waals surface area (Å²) >= 11 is 0. The minimum atomic E-state index is 0.606. The first-order valence-electron chi connectivity index (χ1n) is 7.88. The monoisotopic (exact) mass is 310 g/mol. The molecule has 1 aliphatic rings. The van der Waals surface area contributed by atoms with Gasteiger partial charge in [0.1, 0.15) is 0 Å². The maximum atomic E-state index is 5.61. The van der Waals surface area contributed by atoms with E-state index in [1.54, 1.807) is 0 Å². The normalized spacial score (nSPS) is 20.9. The summed E-state index contributed by atoms with van der Waals surface area (Å²) in [6.45, 7) is 7.57. The van der Waals surface area contributed by atoms with Crippen LogP contribution in [0.2, 0.25) is 0 Å². The van der Waals surface area contributed by atoms with Crippen molar-refractivity contribution in [3.8, 4) is 0 Å². The molecule has 0 aliphatic carbocycles. The Labute approximate surface area is 132 Å². The average Bonchev–Trinajstić information content (AvgIpc) is 2.56. The van der Waals surface area contributed by atoms with Crippen LogP contribution in [-0.4, -0.2) is 75.8 Å². The van der Waals surface area contributed by atoms with Crippen LogP contribution in [0.5, 0.6) is 0 Å². The molecule has 1 aromatic heterocycles. The van der Waals surface area contributed by atoms with Gasteiger partial charge in [0.15, 0.2) is 0 Å². The summed E-state index contributed by atoms with van der Waals surface area (Å²) in [5.41, 5.74) is 1.06. The Bertz CT molecular complexity index is 362. The summed E-state index contributed by atoms with van der Waals surface area (Å²) in [7, 11) is 0. The molecule has 0 saturated carbocycles. The molecule has 2 heterocycles. The number of hydrogen-bond donors (Lipinski definition) is 0. The molecule has 0 atom stereocenters. The van der Waals surface area contributed by atoms with Gasteiger partial charge in [0.2, 0.25) is 0 Å². The molecule has 2 rings (SSSR count). The zero-order valence-electron chi connectivity index (χ0n) is 13.1. The molecule has 0 spiro atoms. The van der Waals surface area contributed by atoms with E-state index in [0.717, 1.165) is 25.3 Å². The van der Waals surface area contributed by atoms with Crippen molar-refractivity contribution in [2.75, 3.05) is 65.9 Å². The van der Waals surface area contributed by atoms with E-state index < -0.39 is 0 Å². The molecule has 1 saturated heterocycles. The maximum absolute atomic E-state index is 5.61. The highest BCUT2D eigenvalue weighted by Gasteiger charge is 2.07. The van der Waals surface area contributed by atoms with Crippen LogP contribution in [0.3, 0.4) is 0 Å². The van der Waals surface area contributed by atoms with Crippen molar-refractivity contribution in [3.05, 3.63) is 30.1 Å². The lowest BCUT2D eigenvalue weighted by atomic mass is 10.3. The van der Waals surface area contributed by atoms with Gasteiger partial charge in [0.05, 0.1) is 58.5 Å². The van der Waals surface area contributed by atoms with Gasteiger partial charge in [0, 0.05) is 25.8 Å². The van der Waals surface area contributed by atoms with Crippen LogP contribution in [0.4, 0.5) is 0 Å². The minimum Gasteiger partial charge on any atom is -0.378 e. The number of aromatic nitrogens is 1. The van der Waals surface area contributed by atoms with Crippen molar-refractivity contribution in [1.82, 2.24) is 9.88 Å². The third-order valence-electron chi connectivity index (χ3n) is 3.33. The van der Waals surface area contributed by atoms with Gasteiger partial charge in [-0.3, -0.25) is 9.88 Å². The maximum Gasteiger partial charge on any atom is 0.0701 e. The molecule has 1 aliphatic heterocycles. The van der Waals surface area contributed by atoms with Crippen molar-refractivity contribution in [1.29, 1.82) is 0 Å². The fourth-order valence-corrected chi connectivity index (χ4v) is 2.14. The third kappa shape index (κ3) is 7.82. The Morgan fingerprint density at radius 3 is 1.82 bits per heavy atom. The lowest BCUT2D eigenvalue weighted by Gasteiger charge is -2.21. The lowest BCUT2D eigenvalue weighted by Crippen LogP contribution is -2.31. The Morgan fingerprint density at radius 2 is 1.32 bits per heavy atom. The fraction of sp³-hybridized carbons (Fsp3) is 0.688. The van der Waals surface area contributed by atoms with E-state index in [0.29, 0.717) is 52.9 Å². The van der Waals surface area contributed by atoms with E-state index in [2.05, 4.69) is 9.88 Å². The smallest absolute Gasteiger partial charge is 0.0701 e. The summed E-state index contributed by atoms with van der Waals surface area (Å²) in [5.74, 6) is 0. The molecular weight excluding hydrogens is 284 g/mol. The molecule has 0 bridgehead atoms. The number of hydrogen-bond acceptors (Lipinski definition) is 6. The van der Waals surface area contributed by atoms with Crippen LogP contribution >= 0.6 is 0 Å². The topological polar surface area (TPSA) is 53.1 Å². The van der Waals surface area contributed by atoms with Crippen molar-refractivity contribution in [2.45, 2.75) is 6.54 Å². The highest BCUT2D eigenvalue weighted by atomic mass is 16.6. The Kier molecular flexibility index (Phi) is 9.05. The zero-order valence-corrected chi connectivity index (χ0v) is 13.1. The molecule has 1 fully saturated rings. The summed E-state index contributed by atoms with van der Waals surface area (Å²) in [6, 6.07) is 5.98. The zero-order chi connectivity index (χ0) is 15.3. The molecule has 124 valence electrons. The fourth-order valence-electron chi connectivity index (χ4n) is 2.14. The molecule has 6 heteroatoms. The first-order chi connectivity index (χ1) is 10.9. The van der Waals surface area contributed by atoms with Gasteiger partial charge in [-0.05, 0) is 12.1 Å². The van der Waals surface area contributed by atoms with Crippen molar-refractivity contribution in [2.24, 2.45) is 0 Å². The number of rotatable bonds is 2. The van der Waals surface area contributed by atoms with E-state index in [4.69, 9.17) is 18.9 Å². The van der Waals surface area contributed by atoms with Gasteiger partial charge in [0.25, 0.3) is 0 Å². The second-order valence-corrected chi connectivity index (χ2v) is 5.05. The lowest BCUT2D eigenvalue weighted by molar-refractivity contribution is 0.00206. The summed E-state index contributed by atoms with van der Waals surface area (Å²) in [4.78, 5) is 6.67. The van der Waals surface area contributed by atoms with Crippen molar-refractivity contribution in [3.63, 3.8) is 0 Å². The molecule has 0 amide bonds. The SMILES string of the molecule is c1ccc(CN2CCOCCOCCOCCOCC2)nc1. The molecular formula is C16H26N2O4. The molecule has 1 aromatic rings. The van der Waals surface area contributed by atoms with E-state index in [1.165, 1.54) is 0 Å². The highest BCUT2D eigenvalue weighted by molar-refractivity contribution is 5.03. The van der Waals surface area contributed by atoms with Crippen molar-refractivity contribution < 1.29 is 18.9 Å². The van der Waals surface area contributed by atoms with Gasteiger partial charge in [-0.2, -0.15) is 0 Å². The van der Waals surface area contributed by atoms with Crippen LogP contribution in [0.25, 0.3) is 0 Å². The van der Waals surface area contributed by atoms with Crippen LogP contribution in [0.15, 0.2) is 24.4 Å². The van der Waals surface area contributed by atoms with Crippen LogP contribution in [-0.2, 0) is 25.5 Å². The largest absolute Gasteiger partial charge is 0.378 e. The van der Waals surface area contributed by atoms with E-state index in [1.807, 2.05) is 24.4 Å². The predicted octanol–water partition coefficient (Wildman–Crippen LogP) is 0.964. The molecule has 0 N–H and O–H groups in total. The van der Waals surface area contributed by atoms with Gasteiger partial charge < -0.3 is 18.9 Å². The van der Waals surface area contributed by atoms with Gasteiger partial charge in [-0.1, -0.05) is 6.07 Å². The number of nitrogens with zero attached hydrogens (tertiary/aromatic N) is 2. The summed E-state index contributed by atoms with van der Waals surface area (Å²) in [6.07, 6.45) is 1.82. The van der Waals surface area contributed by atoms with Crippen molar-refractivity contribution >= 4 is 0 Å². The van der Waals surface area contributed by atoms with Crippen LogP contribution in [0.1, 0.15) is 5.69 Å². The van der Waals surface area contributed by atoms with Gasteiger partial charge in [-0.15, -0.1) is 0 Å². The minimum absolute atomic E-state index is 0.606. The van der Waals surface area contributed by atoms with E-state index >= 15 is 0 Å². The molecule has 0 unspecified atom stereocenters. The average molecular weight is 310 g/mol. The molecule has 22 heavy (non-hydrogen) atoms. The predicted molar refractivity (Wildman–Crippen MR) is 82.8 cm³/mol. The molecule has 0 aromatic carbocycles. The summed E-state index contributed by atoms with van der Waals surface area (Å²) < 4.78 is 22.1. The summed E-state index contributed by atoms with van der Waals surface area (Å²) in [5, 5.41) is 0. The van der Waals surface area contributed by atoms with Crippen LogP contribution in [0, 0.1) is 0 Å². The Balaban J connectivity index is 1.77. The first kappa shape index (κ1) is 17.3. The van der Waals surface area contributed by atoms with E-state index in [9.17, 15) is 0 Å². The standard InChI is InChI=1S/C16H26N2O4/c1-2-4-17-16(3-1)15-18-5-7-19-9-11-21-13-14-22-12-10-20-8-6-18/h1-4H,5-15H2. The second-order valence-electron chi connectivity index (χ2n) is 5.05. The molecule has 0 radical (unpaired) electrons. The number of pyridine rings is 1. The van der Waals surface area contributed by atoms with E-state index in [-0.39, 0.29) is 0 Å². The Morgan fingerprint density at radius 1 is 0.773 bits per heavy atom. The Hall–Kier alpha value is -1.05. The third-order valence-corrected chi connectivity index (χ3v) is 3.33.